The maximum Gasteiger partial charge on any atom is 0.291 e. The Morgan fingerprint density at radius 3 is 2.57 bits per heavy atom. The van der Waals surface area contributed by atoms with E-state index in [9.17, 15) is 10.1 Å². The minimum atomic E-state index is -1.48. The number of aromatic nitrogens is 6. The third-order valence-electron chi connectivity index (χ3n) is 8.62. The van der Waals surface area contributed by atoms with Crippen LogP contribution in [0.25, 0.3) is 11.4 Å². The molecule has 2 aromatic carbocycles. The van der Waals surface area contributed by atoms with E-state index in [1.54, 1.807) is 18.2 Å². The second-order valence-electron chi connectivity index (χ2n) is 11.6. The summed E-state index contributed by atoms with van der Waals surface area (Å²) >= 11 is 0. The molecule has 0 aliphatic carbocycles. The molecule has 3 aliphatic rings. The summed E-state index contributed by atoms with van der Waals surface area (Å²) in [5.41, 5.74) is 8.25. The molecular weight excluding hydrogens is 607 g/mol. The number of carbonyl (C=O) groups excluding carboxylic acids is 1. The van der Waals surface area contributed by atoms with Crippen molar-refractivity contribution in [2.45, 2.75) is 24.7 Å². The molecule has 0 spiro atoms. The predicted molar refractivity (Wildman–Crippen MR) is 169 cm³/mol. The van der Waals surface area contributed by atoms with Gasteiger partial charge < -0.3 is 30.3 Å². The number of rotatable bonds is 8. The number of nitriles is 1. The number of nitrogen functional groups attached to an aromatic ring is 1. The summed E-state index contributed by atoms with van der Waals surface area (Å²) in [6.07, 6.45) is -0.705. The zero-order valence-corrected chi connectivity index (χ0v) is 25.4. The minimum absolute atomic E-state index is 0.0499. The number of H-pyrrole nitrogens is 1. The van der Waals surface area contributed by atoms with E-state index in [4.69, 9.17) is 15.2 Å². The zero-order chi connectivity index (χ0) is 32.3. The minimum Gasteiger partial charge on any atom is -0.486 e. The van der Waals surface area contributed by atoms with Gasteiger partial charge in [0.25, 0.3) is 5.91 Å². The average Bonchev–Trinajstić information content (AvgIpc) is 3.51. The molecule has 3 aliphatic heterocycles. The Labute approximate surface area is 269 Å². The van der Waals surface area contributed by atoms with Gasteiger partial charge in [0.15, 0.2) is 12.0 Å². The molecule has 16 heteroatoms. The van der Waals surface area contributed by atoms with E-state index in [1.165, 1.54) is 11.2 Å². The quantitative estimate of drug-likeness (QED) is 0.254. The highest BCUT2D eigenvalue weighted by Crippen LogP contribution is 2.29. The van der Waals surface area contributed by atoms with E-state index in [-0.39, 0.29) is 42.6 Å². The molecule has 2 aromatic heterocycles. The molecular formula is C31H33FN12O3. The van der Waals surface area contributed by atoms with Crippen LogP contribution in [0.15, 0.2) is 48.8 Å². The number of nitrogens with zero attached hydrogens (tertiary/aromatic N) is 9. The zero-order valence-electron chi connectivity index (χ0n) is 25.4. The molecule has 47 heavy (non-hydrogen) atoms. The first-order valence-corrected chi connectivity index (χ1v) is 15.4. The lowest BCUT2D eigenvalue weighted by atomic mass is 10.0. The Bertz CT molecular complexity index is 1770. The van der Waals surface area contributed by atoms with Crippen LogP contribution < -0.4 is 20.7 Å². The summed E-state index contributed by atoms with van der Waals surface area (Å²) in [7, 11) is 0. The predicted octanol–water partition coefficient (Wildman–Crippen LogP) is 2.01. The van der Waals surface area contributed by atoms with E-state index in [2.05, 4.69) is 63.5 Å². The van der Waals surface area contributed by atoms with Gasteiger partial charge >= 0.3 is 0 Å². The lowest BCUT2D eigenvalue weighted by Crippen LogP contribution is -2.56. The number of halogens is 1. The van der Waals surface area contributed by atoms with Gasteiger partial charge in [-0.25, -0.2) is 14.4 Å². The van der Waals surface area contributed by atoms with E-state index < -0.39 is 18.2 Å². The molecule has 0 radical (unpaired) electrons. The number of benzene rings is 2. The molecule has 0 bridgehead atoms. The number of aromatic amines is 1. The second kappa shape index (κ2) is 13.1. The topological polar surface area (TPSA) is 187 Å². The van der Waals surface area contributed by atoms with Gasteiger partial charge in [-0.15, -0.1) is 5.10 Å². The molecule has 0 saturated carbocycles. The maximum atomic E-state index is 15.1. The summed E-state index contributed by atoms with van der Waals surface area (Å²) in [5.74, 6) is 0.340. The number of nitrogens with two attached hydrogens (primary N) is 1. The number of piperidine rings is 1. The number of likely N-dealkylation sites (tertiary alicyclic amines) is 1. The molecule has 4 N–H and O–H groups in total. The van der Waals surface area contributed by atoms with Crippen LogP contribution in [0.5, 0.6) is 5.75 Å². The molecule has 1 amide bonds. The summed E-state index contributed by atoms with van der Waals surface area (Å²) < 4.78 is 26.4. The number of ether oxygens (including phenoxy) is 2. The number of hydrogen-bond acceptors (Lipinski definition) is 13. The first-order valence-electron chi connectivity index (χ1n) is 15.4. The highest BCUT2D eigenvalue weighted by atomic mass is 19.1. The van der Waals surface area contributed by atoms with Crippen molar-refractivity contribution in [2.24, 2.45) is 0 Å². The van der Waals surface area contributed by atoms with Crippen molar-refractivity contribution in [2.75, 3.05) is 68.4 Å². The lowest BCUT2D eigenvalue weighted by molar-refractivity contribution is -0.0660. The van der Waals surface area contributed by atoms with E-state index in [0.717, 1.165) is 50.8 Å². The van der Waals surface area contributed by atoms with Crippen molar-refractivity contribution < 1.29 is 18.7 Å². The van der Waals surface area contributed by atoms with Crippen molar-refractivity contribution in [3.8, 4) is 23.2 Å². The van der Waals surface area contributed by atoms with Crippen LogP contribution in [0.4, 0.5) is 27.7 Å². The Morgan fingerprint density at radius 1 is 1.09 bits per heavy atom. The lowest BCUT2D eigenvalue weighted by Gasteiger charge is -2.43. The number of hydrogen-bond donors (Lipinski definition) is 3. The smallest absolute Gasteiger partial charge is 0.291 e. The molecule has 242 valence electrons. The maximum absolute atomic E-state index is 15.1. The molecule has 15 nitrogen and oxygen atoms in total. The first-order chi connectivity index (χ1) is 22.9. The molecule has 5 heterocycles. The Morgan fingerprint density at radius 2 is 1.89 bits per heavy atom. The normalized spacial score (nSPS) is 20.3. The van der Waals surface area contributed by atoms with Crippen molar-refractivity contribution in [1.82, 2.24) is 39.9 Å². The summed E-state index contributed by atoms with van der Waals surface area (Å²) in [4.78, 5) is 35.7. The van der Waals surface area contributed by atoms with Gasteiger partial charge in [-0.3, -0.25) is 14.8 Å². The van der Waals surface area contributed by atoms with Gasteiger partial charge in [0, 0.05) is 56.1 Å². The van der Waals surface area contributed by atoms with Crippen molar-refractivity contribution in [1.29, 1.82) is 5.26 Å². The summed E-state index contributed by atoms with van der Waals surface area (Å²) in [5, 5.41) is 19.2. The monoisotopic (exact) mass is 640 g/mol. The van der Waals surface area contributed by atoms with Gasteiger partial charge in [-0.05, 0) is 42.5 Å². The second-order valence-corrected chi connectivity index (χ2v) is 11.6. The Kier molecular flexibility index (Phi) is 8.46. The van der Waals surface area contributed by atoms with Gasteiger partial charge in [0.1, 0.15) is 24.3 Å². The number of anilines is 4. The SMILES string of the molecule is N#Cc1cc(-c2ncnc(Nc3ccc(N4CCN(C5COC5)CC4)cc3)n2)ccc1O[C@H]1CCN(C(=O)c2nc(N)n[nH]2)C[C@@H]1F. The molecule has 0 unspecified atom stereocenters. The Balaban J connectivity index is 0.965. The van der Waals surface area contributed by atoms with Crippen molar-refractivity contribution in [3.05, 3.63) is 60.2 Å². The molecule has 3 fully saturated rings. The van der Waals surface area contributed by atoms with Crippen LogP contribution in [-0.4, -0.2) is 117 Å². The van der Waals surface area contributed by atoms with Gasteiger partial charge in [-0.2, -0.15) is 15.2 Å². The van der Waals surface area contributed by atoms with E-state index >= 15 is 4.39 Å². The third kappa shape index (κ3) is 6.62. The van der Waals surface area contributed by atoms with Gasteiger partial charge in [0.2, 0.25) is 17.7 Å². The number of nitrogens with one attached hydrogen (secondary N) is 2. The summed E-state index contributed by atoms with van der Waals surface area (Å²) in [6, 6.07) is 15.8. The number of carbonyl (C=O) groups is 1. The van der Waals surface area contributed by atoms with Crippen LogP contribution >= 0.6 is 0 Å². The van der Waals surface area contributed by atoms with Crippen LogP contribution in [0.1, 0.15) is 22.6 Å². The highest BCUT2D eigenvalue weighted by Gasteiger charge is 2.35. The molecule has 7 rings (SSSR count). The van der Waals surface area contributed by atoms with Crippen LogP contribution in [-0.2, 0) is 4.74 Å². The molecule has 4 aromatic rings. The van der Waals surface area contributed by atoms with Crippen LogP contribution in [0, 0.1) is 11.3 Å². The summed E-state index contributed by atoms with van der Waals surface area (Å²) in [6.45, 7) is 5.74. The van der Waals surface area contributed by atoms with Crippen molar-refractivity contribution >= 4 is 29.2 Å². The number of alkyl halides is 1. The standard InChI is InChI=1S/C31H33FN12O3/c32-24-15-44(29(45)28-38-30(34)41-40-28)8-7-26(24)47-25-6-1-19(13-20(25)14-33)27-35-18-36-31(39-27)37-21-2-4-22(5-3-21)42-9-11-43(12-10-42)23-16-46-17-23/h1-6,13,18,23-24,26H,7-12,15-17H2,(H3,34,38,40,41)(H,35,36,37,39)/t24-,26-/m0/s1. The molecule has 3 saturated heterocycles. The number of amides is 1. The number of piperazine rings is 1. The first kappa shape index (κ1) is 30.3. The third-order valence-corrected chi connectivity index (χ3v) is 8.62. The van der Waals surface area contributed by atoms with E-state index in [1.807, 2.05) is 12.1 Å². The fourth-order valence-corrected chi connectivity index (χ4v) is 5.90. The molecule has 2 atom stereocenters. The average molecular weight is 641 g/mol. The highest BCUT2D eigenvalue weighted by molar-refractivity contribution is 5.90. The fraction of sp³-hybridized carbons (Fsp3) is 0.387. The largest absolute Gasteiger partial charge is 0.486 e. The van der Waals surface area contributed by atoms with E-state index in [0.29, 0.717) is 23.4 Å². The Hall–Kier alpha value is -5.40. The van der Waals surface area contributed by atoms with Gasteiger partial charge in [0.05, 0.1) is 31.4 Å². The van der Waals surface area contributed by atoms with Gasteiger partial charge in [-0.1, -0.05) is 0 Å². The van der Waals surface area contributed by atoms with Crippen LogP contribution in [0.3, 0.4) is 0 Å². The van der Waals surface area contributed by atoms with Crippen molar-refractivity contribution in [3.63, 3.8) is 0 Å². The fourth-order valence-electron chi connectivity index (χ4n) is 5.90. The van der Waals surface area contributed by atoms with Crippen LogP contribution in [0.2, 0.25) is 0 Å².